The Labute approximate surface area is 98.7 Å². The van der Waals surface area contributed by atoms with Crippen molar-refractivity contribution in [3.8, 4) is 0 Å². The number of para-hydroxylation sites is 2. The molecule has 2 rings (SSSR count). The second-order valence-corrected chi connectivity index (χ2v) is 5.78. The van der Waals surface area contributed by atoms with Crippen molar-refractivity contribution in [2.45, 2.75) is 27.2 Å². The monoisotopic (exact) mass is 218 g/mol. The van der Waals surface area contributed by atoms with E-state index in [1.165, 1.54) is 17.8 Å². The van der Waals surface area contributed by atoms with Gasteiger partial charge in [-0.05, 0) is 24.0 Å². The van der Waals surface area contributed by atoms with E-state index in [2.05, 4.69) is 55.3 Å². The third kappa shape index (κ3) is 2.69. The smallest absolute Gasteiger partial charge is 0.0602 e. The number of hydrogen-bond donors (Lipinski definition) is 1. The summed E-state index contributed by atoms with van der Waals surface area (Å²) in [6, 6.07) is 8.63. The summed E-state index contributed by atoms with van der Waals surface area (Å²) in [5.74, 6) is 0. The van der Waals surface area contributed by atoms with E-state index in [4.69, 9.17) is 0 Å². The Hall–Kier alpha value is -1.18. The standard InChI is InChI=1S/C14H22N2/c1-14(2,3)11-16-10-6-9-15-12-7-4-5-8-13(12)16/h4-5,7-8,15H,6,9-11H2,1-3H3. The van der Waals surface area contributed by atoms with Crippen molar-refractivity contribution in [3.63, 3.8) is 0 Å². The molecule has 0 spiro atoms. The first-order chi connectivity index (χ1) is 7.56. The minimum absolute atomic E-state index is 0.345. The molecule has 2 nitrogen and oxygen atoms in total. The van der Waals surface area contributed by atoms with Gasteiger partial charge >= 0.3 is 0 Å². The molecule has 0 radical (unpaired) electrons. The summed E-state index contributed by atoms with van der Waals surface area (Å²) in [5.41, 5.74) is 2.98. The van der Waals surface area contributed by atoms with Crippen LogP contribution in [0.15, 0.2) is 24.3 Å². The molecule has 1 aliphatic rings. The zero-order valence-corrected chi connectivity index (χ0v) is 10.6. The van der Waals surface area contributed by atoms with Gasteiger partial charge in [0.25, 0.3) is 0 Å². The lowest BCUT2D eigenvalue weighted by molar-refractivity contribution is 0.410. The summed E-state index contributed by atoms with van der Waals surface area (Å²) < 4.78 is 0. The van der Waals surface area contributed by atoms with Gasteiger partial charge < -0.3 is 10.2 Å². The number of nitrogens with one attached hydrogen (secondary N) is 1. The maximum absolute atomic E-state index is 3.50. The van der Waals surface area contributed by atoms with Gasteiger partial charge in [-0.2, -0.15) is 0 Å². The van der Waals surface area contributed by atoms with Crippen LogP contribution >= 0.6 is 0 Å². The van der Waals surface area contributed by atoms with Crippen LogP contribution in [0, 0.1) is 5.41 Å². The molecule has 0 aromatic heterocycles. The first-order valence-electron chi connectivity index (χ1n) is 6.14. The maximum Gasteiger partial charge on any atom is 0.0602 e. The fraction of sp³-hybridized carbons (Fsp3) is 0.571. The van der Waals surface area contributed by atoms with E-state index in [0.717, 1.165) is 19.6 Å². The van der Waals surface area contributed by atoms with Crippen LogP contribution in [0.2, 0.25) is 0 Å². The third-order valence-electron chi connectivity index (χ3n) is 2.83. The molecule has 0 amide bonds. The summed E-state index contributed by atoms with van der Waals surface area (Å²) >= 11 is 0. The number of anilines is 2. The Morgan fingerprint density at radius 2 is 2.00 bits per heavy atom. The number of nitrogens with zero attached hydrogens (tertiary/aromatic N) is 1. The van der Waals surface area contributed by atoms with Crippen molar-refractivity contribution in [2.24, 2.45) is 5.41 Å². The van der Waals surface area contributed by atoms with Gasteiger partial charge in [-0.15, -0.1) is 0 Å². The second kappa shape index (κ2) is 4.36. The normalized spacial score (nSPS) is 16.3. The molecule has 0 saturated heterocycles. The van der Waals surface area contributed by atoms with Gasteiger partial charge in [-0.3, -0.25) is 0 Å². The molecule has 16 heavy (non-hydrogen) atoms. The SMILES string of the molecule is CC(C)(C)CN1CCCNc2ccccc21. The van der Waals surface area contributed by atoms with Crippen LogP contribution in [0.5, 0.6) is 0 Å². The topological polar surface area (TPSA) is 15.3 Å². The van der Waals surface area contributed by atoms with Gasteiger partial charge in [-0.1, -0.05) is 32.9 Å². The average Bonchev–Trinajstić information content (AvgIpc) is 2.39. The molecular formula is C14H22N2. The molecule has 88 valence electrons. The third-order valence-corrected chi connectivity index (χ3v) is 2.83. The Morgan fingerprint density at radius 3 is 2.75 bits per heavy atom. The van der Waals surface area contributed by atoms with Crippen LogP contribution in [0.3, 0.4) is 0 Å². The number of fused-ring (bicyclic) bond motifs is 1. The Morgan fingerprint density at radius 1 is 1.25 bits per heavy atom. The highest BCUT2D eigenvalue weighted by atomic mass is 15.2. The van der Waals surface area contributed by atoms with E-state index in [0.29, 0.717) is 5.41 Å². The highest BCUT2D eigenvalue weighted by Gasteiger charge is 2.20. The summed E-state index contributed by atoms with van der Waals surface area (Å²) in [6.45, 7) is 10.3. The quantitative estimate of drug-likeness (QED) is 0.777. The second-order valence-electron chi connectivity index (χ2n) is 5.78. The van der Waals surface area contributed by atoms with Crippen LogP contribution in [-0.2, 0) is 0 Å². The minimum atomic E-state index is 0.345. The predicted octanol–water partition coefficient (Wildman–Crippen LogP) is 3.35. The first kappa shape index (κ1) is 11.3. The fourth-order valence-corrected chi connectivity index (χ4v) is 2.25. The van der Waals surface area contributed by atoms with E-state index in [1.807, 2.05) is 0 Å². The van der Waals surface area contributed by atoms with Gasteiger partial charge in [0.2, 0.25) is 0 Å². The van der Waals surface area contributed by atoms with Crippen LogP contribution < -0.4 is 10.2 Å². The van der Waals surface area contributed by atoms with Crippen LogP contribution in [0.4, 0.5) is 11.4 Å². The lowest BCUT2D eigenvalue weighted by Crippen LogP contribution is -2.33. The largest absolute Gasteiger partial charge is 0.383 e. The summed E-state index contributed by atoms with van der Waals surface area (Å²) in [7, 11) is 0. The lowest BCUT2D eigenvalue weighted by Gasteiger charge is -2.31. The molecule has 0 atom stereocenters. The Bertz CT molecular complexity index is 352. The zero-order valence-electron chi connectivity index (χ0n) is 10.6. The number of hydrogen-bond acceptors (Lipinski definition) is 2. The van der Waals surface area contributed by atoms with Crippen LogP contribution in [-0.4, -0.2) is 19.6 Å². The Kier molecular flexibility index (Phi) is 3.08. The van der Waals surface area contributed by atoms with E-state index >= 15 is 0 Å². The zero-order chi connectivity index (χ0) is 11.6. The molecular weight excluding hydrogens is 196 g/mol. The minimum Gasteiger partial charge on any atom is -0.383 e. The van der Waals surface area contributed by atoms with Crippen LogP contribution in [0.1, 0.15) is 27.2 Å². The molecule has 1 aromatic rings. The van der Waals surface area contributed by atoms with Gasteiger partial charge in [0, 0.05) is 19.6 Å². The van der Waals surface area contributed by atoms with Crippen molar-refractivity contribution in [1.29, 1.82) is 0 Å². The van der Waals surface area contributed by atoms with Gasteiger partial charge in [-0.25, -0.2) is 0 Å². The van der Waals surface area contributed by atoms with E-state index in [1.54, 1.807) is 0 Å². The summed E-state index contributed by atoms with van der Waals surface area (Å²) in [5, 5.41) is 3.50. The summed E-state index contributed by atoms with van der Waals surface area (Å²) in [6.07, 6.45) is 1.21. The molecule has 0 bridgehead atoms. The van der Waals surface area contributed by atoms with Crippen molar-refractivity contribution in [1.82, 2.24) is 0 Å². The van der Waals surface area contributed by atoms with Gasteiger partial charge in [0.15, 0.2) is 0 Å². The lowest BCUT2D eigenvalue weighted by atomic mass is 9.95. The molecule has 0 fully saturated rings. The van der Waals surface area contributed by atoms with Crippen molar-refractivity contribution in [3.05, 3.63) is 24.3 Å². The number of benzene rings is 1. The molecule has 0 aliphatic carbocycles. The number of rotatable bonds is 1. The molecule has 1 aromatic carbocycles. The fourth-order valence-electron chi connectivity index (χ4n) is 2.25. The van der Waals surface area contributed by atoms with Crippen molar-refractivity contribution < 1.29 is 0 Å². The highest BCUT2D eigenvalue weighted by molar-refractivity contribution is 5.70. The molecule has 1 heterocycles. The van der Waals surface area contributed by atoms with Crippen molar-refractivity contribution in [2.75, 3.05) is 29.9 Å². The predicted molar refractivity (Wildman–Crippen MR) is 71.2 cm³/mol. The van der Waals surface area contributed by atoms with E-state index < -0.39 is 0 Å². The summed E-state index contributed by atoms with van der Waals surface area (Å²) in [4.78, 5) is 2.51. The van der Waals surface area contributed by atoms with Gasteiger partial charge in [0.05, 0.1) is 11.4 Å². The first-order valence-corrected chi connectivity index (χ1v) is 6.14. The molecule has 1 aliphatic heterocycles. The average molecular weight is 218 g/mol. The van der Waals surface area contributed by atoms with E-state index in [9.17, 15) is 0 Å². The molecule has 0 saturated carbocycles. The maximum atomic E-state index is 3.50. The van der Waals surface area contributed by atoms with Crippen LogP contribution in [0.25, 0.3) is 0 Å². The van der Waals surface area contributed by atoms with Gasteiger partial charge in [0.1, 0.15) is 0 Å². The Balaban J connectivity index is 2.26. The van der Waals surface area contributed by atoms with E-state index in [-0.39, 0.29) is 0 Å². The molecule has 0 unspecified atom stereocenters. The highest BCUT2D eigenvalue weighted by Crippen LogP contribution is 2.30. The van der Waals surface area contributed by atoms with Crippen molar-refractivity contribution >= 4 is 11.4 Å². The molecule has 2 heteroatoms. The molecule has 1 N–H and O–H groups in total.